The van der Waals surface area contributed by atoms with E-state index in [1.165, 1.54) is 18.9 Å². The number of aromatic nitrogens is 3. The summed E-state index contributed by atoms with van der Waals surface area (Å²) in [5.41, 5.74) is 4.38. The van der Waals surface area contributed by atoms with E-state index in [0.717, 1.165) is 55.3 Å². The molecule has 0 aromatic carbocycles. The molecule has 2 aromatic rings. The molecule has 3 N–H and O–H groups in total. The topological polar surface area (TPSA) is 74.5 Å². The monoisotopic (exact) mass is 449 g/mol. The van der Waals surface area contributed by atoms with E-state index in [0.29, 0.717) is 12.1 Å². The van der Waals surface area contributed by atoms with Gasteiger partial charge >= 0.3 is 6.18 Å². The predicted molar refractivity (Wildman–Crippen MR) is 116 cm³/mol. The van der Waals surface area contributed by atoms with Crippen LogP contribution in [0.1, 0.15) is 75.5 Å². The van der Waals surface area contributed by atoms with Gasteiger partial charge < -0.3 is 15.7 Å². The Kier molecular flexibility index (Phi) is 5.65. The Morgan fingerprint density at radius 1 is 1.22 bits per heavy atom. The van der Waals surface area contributed by atoms with Crippen LogP contribution < -0.4 is 10.6 Å². The van der Waals surface area contributed by atoms with Gasteiger partial charge in [-0.05, 0) is 63.5 Å². The van der Waals surface area contributed by atoms with E-state index in [9.17, 15) is 18.3 Å². The van der Waals surface area contributed by atoms with Crippen molar-refractivity contribution in [3.8, 4) is 0 Å². The summed E-state index contributed by atoms with van der Waals surface area (Å²) in [6, 6.07) is 2.27. The van der Waals surface area contributed by atoms with Crippen LogP contribution in [-0.4, -0.2) is 50.1 Å². The number of alkyl halides is 3. The molecule has 9 heteroatoms. The minimum atomic E-state index is -4.24. The van der Waals surface area contributed by atoms with Crippen molar-refractivity contribution in [3.05, 3.63) is 29.6 Å². The summed E-state index contributed by atoms with van der Waals surface area (Å²) in [7, 11) is 0. The van der Waals surface area contributed by atoms with Gasteiger partial charge in [-0.2, -0.15) is 13.2 Å². The van der Waals surface area contributed by atoms with Gasteiger partial charge in [-0.25, -0.2) is 9.50 Å². The molecule has 1 saturated carbocycles. The maximum Gasteiger partial charge on any atom is 0.391 e. The summed E-state index contributed by atoms with van der Waals surface area (Å²) in [6.45, 7) is 1.49. The Balaban J connectivity index is 1.50. The molecule has 2 fully saturated rings. The smallest absolute Gasteiger partial charge is 0.391 e. The fraction of sp³-hybridized carbons (Fsp3) is 0.652. The second-order valence-corrected chi connectivity index (χ2v) is 9.68. The SMILES string of the molecule is C[C@@H](CC(F)(F)F)Nc1ncc2c(C3=C[C@@H]4CC[C@H](C3)N4)cc([C@H]3CC[C@H](O)CC3)n2n1. The lowest BCUT2D eigenvalue weighted by molar-refractivity contribution is -0.136. The molecule has 174 valence electrons. The zero-order chi connectivity index (χ0) is 22.5. The molecular weight excluding hydrogens is 419 g/mol. The van der Waals surface area contributed by atoms with E-state index in [2.05, 4.69) is 32.9 Å². The number of aliphatic hydroxyl groups is 1. The molecule has 1 saturated heterocycles. The van der Waals surface area contributed by atoms with E-state index in [-0.39, 0.29) is 18.0 Å². The van der Waals surface area contributed by atoms with Crippen LogP contribution in [0.2, 0.25) is 0 Å². The lowest BCUT2D eigenvalue weighted by atomic mass is 9.85. The van der Waals surface area contributed by atoms with Crippen LogP contribution in [0.25, 0.3) is 11.1 Å². The summed E-state index contributed by atoms with van der Waals surface area (Å²) in [5.74, 6) is 0.460. The van der Waals surface area contributed by atoms with Gasteiger partial charge in [0, 0.05) is 35.3 Å². The highest BCUT2D eigenvalue weighted by Gasteiger charge is 2.32. The molecule has 0 amide bonds. The zero-order valence-electron chi connectivity index (χ0n) is 18.2. The first-order chi connectivity index (χ1) is 15.2. The van der Waals surface area contributed by atoms with Gasteiger partial charge in [0.25, 0.3) is 0 Å². The van der Waals surface area contributed by atoms with Gasteiger partial charge in [0.15, 0.2) is 0 Å². The van der Waals surface area contributed by atoms with Crippen molar-refractivity contribution in [2.75, 3.05) is 5.32 Å². The Labute approximate surface area is 185 Å². The minimum absolute atomic E-state index is 0.202. The number of fused-ring (bicyclic) bond motifs is 3. The average molecular weight is 450 g/mol. The summed E-state index contributed by atoms with van der Waals surface area (Å²) >= 11 is 0. The molecule has 0 unspecified atom stereocenters. The lowest BCUT2D eigenvalue weighted by Crippen LogP contribution is -2.31. The third kappa shape index (κ3) is 4.50. The minimum Gasteiger partial charge on any atom is -0.393 e. The van der Waals surface area contributed by atoms with Gasteiger partial charge in [-0.1, -0.05) is 6.08 Å². The average Bonchev–Trinajstić information content (AvgIpc) is 3.26. The number of hydrogen-bond acceptors (Lipinski definition) is 5. The van der Waals surface area contributed by atoms with Crippen molar-refractivity contribution in [2.45, 2.75) is 94.6 Å². The Hall–Kier alpha value is -2.13. The molecule has 32 heavy (non-hydrogen) atoms. The largest absolute Gasteiger partial charge is 0.393 e. The summed E-state index contributed by atoms with van der Waals surface area (Å²) in [6.07, 6.45) is 5.13. The van der Waals surface area contributed by atoms with Crippen LogP contribution in [0.4, 0.5) is 19.1 Å². The number of nitrogens with zero attached hydrogens (tertiary/aromatic N) is 3. The van der Waals surface area contributed by atoms with E-state index < -0.39 is 18.6 Å². The predicted octanol–water partition coefficient (Wildman–Crippen LogP) is 4.41. The number of halogens is 3. The van der Waals surface area contributed by atoms with Crippen molar-refractivity contribution in [3.63, 3.8) is 0 Å². The highest BCUT2D eigenvalue weighted by molar-refractivity contribution is 5.80. The van der Waals surface area contributed by atoms with Crippen LogP contribution in [0.5, 0.6) is 0 Å². The van der Waals surface area contributed by atoms with Crippen molar-refractivity contribution in [1.82, 2.24) is 19.9 Å². The second kappa shape index (κ2) is 8.33. The van der Waals surface area contributed by atoms with Gasteiger partial charge in [-0.15, -0.1) is 5.10 Å². The number of aliphatic hydroxyl groups excluding tert-OH is 1. The van der Waals surface area contributed by atoms with Crippen molar-refractivity contribution < 1.29 is 18.3 Å². The molecule has 3 aliphatic rings. The van der Waals surface area contributed by atoms with Crippen LogP contribution in [-0.2, 0) is 0 Å². The van der Waals surface area contributed by atoms with Crippen molar-refractivity contribution >= 4 is 17.0 Å². The molecule has 6 nitrogen and oxygen atoms in total. The highest BCUT2D eigenvalue weighted by Crippen LogP contribution is 2.39. The Bertz CT molecular complexity index is 1010. The second-order valence-electron chi connectivity index (χ2n) is 9.68. The fourth-order valence-corrected chi connectivity index (χ4v) is 5.54. The molecule has 2 aromatic heterocycles. The van der Waals surface area contributed by atoms with Gasteiger partial charge in [0.1, 0.15) is 0 Å². The molecule has 1 aliphatic carbocycles. The van der Waals surface area contributed by atoms with Gasteiger partial charge in [0.2, 0.25) is 5.95 Å². The van der Waals surface area contributed by atoms with E-state index in [4.69, 9.17) is 0 Å². The fourth-order valence-electron chi connectivity index (χ4n) is 5.54. The lowest BCUT2D eigenvalue weighted by Gasteiger charge is -2.25. The maximum atomic E-state index is 12.8. The van der Waals surface area contributed by atoms with E-state index in [1.54, 1.807) is 6.20 Å². The first-order valence-corrected chi connectivity index (χ1v) is 11.6. The molecule has 2 bridgehead atoms. The van der Waals surface area contributed by atoms with Crippen molar-refractivity contribution in [2.24, 2.45) is 0 Å². The normalized spacial score (nSPS) is 29.2. The van der Waals surface area contributed by atoms with E-state index in [1.807, 2.05) is 4.52 Å². The maximum absolute atomic E-state index is 12.8. The quantitative estimate of drug-likeness (QED) is 0.631. The summed E-state index contributed by atoms with van der Waals surface area (Å²) < 4.78 is 40.2. The zero-order valence-corrected chi connectivity index (χ0v) is 18.2. The van der Waals surface area contributed by atoms with Crippen LogP contribution in [0.15, 0.2) is 18.3 Å². The third-order valence-corrected chi connectivity index (χ3v) is 7.06. The molecule has 2 aliphatic heterocycles. The first kappa shape index (κ1) is 21.7. The third-order valence-electron chi connectivity index (χ3n) is 7.06. The van der Waals surface area contributed by atoms with Gasteiger partial charge in [-0.3, -0.25) is 0 Å². The number of hydrogen-bond donors (Lipinski definition) is 3. The first-order valence-electron chi connectivity index (χ1n) is 11.6. The number of nitrogens with one attached hydrogen (secondary N) is 2. The van der Waals surface area contributed by atoms with E-state index >= 15 is 0 Å². The highest BCUT2D eigenvalue weighted by atomic mass is 19.4. The van der Waals surface area contributed by atoms with Crippen molar-refractivity contribution in [1.29, 1.82) is 0 Å². The Morgan fingerprint density at radius 2 is 2.00 bits per heavy atom. The molecule has 5 rings (SSSR count). The molecule has 3 atom stereocenters. The summed E-state index contributed by atoms with van der Waals surface area (Å²) in [4.78, 5) is 4.36. The summed E-state index contributed by atoms with van der Waals surface area (Å²) in [5, 5.41) is 21.0. The van der Waals surface area contributed by atoms with Gasteiger partial charge in [0.05, 0.1) is 24.2 Å². The molecular formula is C23H30F3N5O. The van der Waals surface area contributed by atoms with Crippen LogP contribution in [0.3, 0.4) is 0 Å². The van der Waals surface area contributed by atoms with Crippen LogP contribution >= 0.6 is 0 Å². The number of anilines is 1. The standard InChI is InChI=1S/C23H30F3N5O/c1-13(11-23(24,25)26)28-22-27-12-21-19(15-8-16-4-5-17(9-15)29-16)10-20(31(21)30-22)14-2-6-18(32)7-3-14/h8,10,12-14,16-18,29,32H,2-7,9,11H2,1H3,(H,28,30)/t13-,14-,16-,17+,18-/m0/s1. The van der Waals surface area contributed by atoms with Crippen LogP contribution in [0, 0.1) is 0 Å². The molecule has 4 heterocycles. The molecule has 0 spiro atoms. The number of rotatable bonds is 5. The molecule has 0 radical (unpaired) electrons. The Morgan fingerprint density at radius 3 is 2.72 bits per heavy atom.